The molecule has 0 N–H and O–H groups in total. The number of nitrogens with zero attached hydrogens (tertiary/aromatic N) is 4. The number of ether oxygens (including phenoxy) is 1. The second-order valence-corrected chi connectivity index (χ2v) is 6.31. The monoisotopic (exact) mass is 282 g/mol. The van der Waals surface area contributed by atoms with Crippen LogP contribution in [-0.4, -0.2) is 48.1 Å². The zero-order valence-corrected chi connectivity index (χ0v) is 11.3. The highest BCUT2D eigenvalue weighted by molar-refractivity contribution is 7.88. The molecular formula is C11H14N4O3S. The first kappa shape index (κ1) is 13.7. The van der Waals surface area contributed by atoms with Crippen LogP contribution in [0.25, 0.3) is 0 Å². The van der Waals surface area contributed by atoms with E-state index in [0.717, 1.165) is 12.8 Å². The zero-order valence-electron chi connectivity index (χ0n) is 10.5. The van der Waals surface area contributed by atoms with E-state index in [-0.39, 0.29) is 24.2 Å². The number of nitriles is 1. The average Bonchev–Trinajstić information content (AvgIpc) is 2.39. The smallest absolute Gasteiger partial charge is 0.251 e. The van der Waals surface area contributed by atoms with Gasteiger partial charge in [-0.2, -0.15) is 9.57 Å². The van der Waals surface area contributed by atoms with E-state index in [9.17, 15) is 8.42 Å². The van der Waals surface area contributed by atoms with E-state index in [2.05, 4.69) is 9.97 Å². The van der Waals surface area contributed by atoms with Crippen molar-refractivity contribution in [1.29, 1.82) is 5.26 Å². The second-order valence-electron chi connectivity index (χ2n) is 4.32. The minimum absolute atomic E-state index is 0.110. The van der Waals surface area contributed by atoms with Crippen LogP contribution in [0.15, 0.2) is 12.4 Å². The lowest BCUT2D eigenvalue weighted by Crippen LogP contribution is -2.44. The molecule has 1 unspecified atom stereocenters. The highest BCUT2D eigenvalue weighted by atomic mass is 32.2. The first-order chi connectivity index (χ1) is 9.00. The van der Waals surface area contributed by atoms with E-state index >= 15 is 0 Å². The van der Waals surface area contributed by atoms with E-state index in [1.54, 1.807) is 0 Å². The Bertz CT molecular complexity index is 596. The summed E-state index contributed by atoms with van der Waals surface area (Å²) in [7, 11) is -3.21. The molecule has 1 fully saturated rings. The maximum atomic E-state index is 11.5. The van der Waals surface area contributed by atoms with Crippen molar-refractivity contribution < 1.29 is 13.2 Å². The highest BCUT2D eigenvalue weighted by Gasteiger charge is 2.27. The fraction of sp³-hybridized carbons (Fsp3) is 0.545. The fourth-order valence-corrected chi connectivity index (χ4v) is 2.85. The van der Waals surface area contributed by atoms with Gasteiger partial charge in [-0.25, -0.2) is 18.4 Å². The summed E-state index contributed by atoms with van der Waals surface area (Å²) in [5.41, 5.74) is 0.110. The third-order valence-corrected chi connectivity index (χ3v) is 4.13. The highest BCUT2D eigenvalue weighted by Crippen LogP contribution is 2.19. The van der Waals surface area contributed by atoms with Crippen molar-refractivity contribution in [2.75, 3.05) is 19.3 Å². The Morgan fingerprint density at radius 1 is 1.47 bits per heavy atom. The number of piperidine rings is 1. The van der Waals surface area contributed by atoms with Gasteiger partial charge in [0, 0.05) is 18.9 Å². The molecule has 0 saturated carbocycles. The molecule has 0 aliphatic carbocycles. The summed E-state index contributed by atoms with van der Waals surface area (Å²) >= 11 is 0. The second kappa shape index (κ2) is 5.50. The standard InChI is InChI=1S/C11H14N4O3S/c1-19(16,17)15-6-2-3-9(8-15)18-11-10(7-12)13-4-5-14-11/h4-5,9H,2-3,6,8H2,1H3. The molecule has 19 heavy (non-hydrogen) atoms. The van der Waals surface area contributed by atoms with Gasteiger partial charge in [0.15, 0.2) is 0 Å². The van der Waals surface area contributed by atoms with Gasteiger partial charge in [0.05, 0.1) is 12.8 Å². The average molecular weight is 282 g/mol. The van der Waals surface area contributed by atoms with Gasteiger partial charge in [0.25, 0.3) is 5.88 Å². The lowest BCUT2D eigenvalue weighted by atomic mass is 10.1. The minimum Gasteiger partial charge on any atom is -0.471 e. The molecule has 1 aliphatic rings. The van der Waals surface area contributed by atoms with Crippen LogP contribution in [0.4, 0.5) is 0 Å². The molecule has 2 heterocycles. The molecule has 1 atom stereocenters. The first-order valence-electron chi connectivity index (χ1n) is 5.83. The molecular weight excluding hydrogens is 268 g/mol. The molecule has 1 aliphatic heterocycles. The first-order valence-corrected chi connectivity index (χ1v) is 7.68. The van der Waals surface area contributed by atoms with E-state index < -0.39 is 10.0 Å². The van der Waals surface area contributed by atoms with Crippen LogP contribution in [0.2, 0.25) is 0 Å². The van der Waals surface area contributed by atoms with Crippen molar-refractivity contribution in [3.8, 4) is 11.9 Å². The van der Waals surface area contributed by atoms with Crippen LogP contribution in [-0.2, 0) is 10.0 Å². The lowest BCUT2D eigenvalue weighted by molar-refractivity contribution is 0.124. The molecule has 1 aromatic heterocycles. The largest absolute Gasteiger partial charge is 0.471 e. The third kappa shape index (κ3) is 3.39. The van der Waals surface area contributed by atoms with E-state index in [0.29, 0.717) is 6.54 Å². The number of aromatic nitrogens is 2. The van der Waals surface area contributed by atoms with Crippen LogP contribution in [0.1, 0.15) is 18.5 Å². The maximum absolute atomic E-state index is 11.5. The maximum Gasteiger partial charge on any atom is 0.251 e. The Morgan fingerprint density at radius 3 is 2.89 bits per heavy atom. The topological polar surface area (TPSA) is 96.2 Å². The Labute approximate surface area is 111 Å². The summed E-state index contributed by atoms with van der Waals surface area (Å²) in [5.74, 6) is 0.158. The van der Waals surface area contributed by atoms with Crippen molar-refractivity contribution in [3.05, 3.63) is 18.1 Å². The summed E-state index contributed by atoms with van der Waals surface area (Å²) in [4.78, 5) is 7.81. The normalized spacial score (nSPS) is 20.7. The van der Waals surface area contributed by atoms with Gasteiger partial charge >= 0.3 is 0 Å². The predicted octanol–water partition coefficient (Wildman–Crippen LogP) is 0.151. The molecule has 2 rings (SSSR count). The van der Waals surface area contributed by atoms with Crippen LogP contribution in [0, 0.1) is 11.3 Å². The minimum atomic E-state index is -3.21. The number of rotatable bonds is 3. The predicted molar refractivity (Wildman–Crippen MR) is 66.8 cm³/mol. The van der Waals surface area contributed by atoms with Gasteiger partial charge in [0.2, 0.25) is 15.7 Å². The Balaban J connectivity index is 2.09. The molecule has 0 radical (unpaired) electrons. The number of hydrogen-bond acceptors (Lipinski definition) is 6. The van der Waals surface area contributed by atoms with Crippen LogP contribution in [0.5, 0.6) is 5.88 Å². The van der Waals surface area contributed by atoms with Crippen molar-refractivity contribution in [2.45, 2.75) is 18.9 Å². The molecule has 8 heteroatoms. The fourth-order valence-electron chi connectivity index (χ4n) is 1.95. The van der Waals surface area contributed by atoms with Crippen LogP contribution < -0.4 is 4.74 Å². The van der Waals surface area contributed by atoms with E-state index in [1.165, 1.54) is 23.0 Å². The Morgan fingerprint density at radius 2 is 2.21 bits per heavy atom. The summed E-state index contributed by atoms with van der Waals surface area (Å²) in [6.07, 6.45) is 5.18. The molecule has 0 spiro atoms. The van der Waals surface area contributed by atoms with Gasteiger partial charge in [0.1, 0.15) is 12.2 Å². The van der Waals surface area contributed by atoms with E-state index in [1.807, 2.05) is 6.07 Å². The van der Waals surface area contributed by atoms with Crippen molar-refractivity contribution in [1.82, 2.24) is 14.3 Å². The van der Waals surface area contributed by atoms with Crippen molar-refractivity contribution in [3.63, 3.8) is 0 Å². The quantitative estimate of drug-likeness (QED) is 0.783. The molecule has 7 nitrogen and oxygen atoms in total. The SMILES string of the molecule is CS(=O)(=O)N1CCCC(Oc2nccnc2C#N)C1. The third-order valence-electron chi connectivity index (χ3n) is 2.86. The van der Waals surface area contributed by atoms with E-state index in [4.69, 9.17) is 10.00 Å². The van der Waals surface area contributed by atoms with Gasteiger partial charge in [-0.05, 0) is 12.8 Å². The van der Waals surface area contributed by atoms with Crippen molar-refractivity contribution in [2.24, 2.45) is 0 Å². The lowest BCUT2D eigenvalue weighted by Gasteiger charge is -2.30. The number of hydrogen-bond donors (Lipinski definition) is 0. The van der Waals surface area contributed by atoms with Gasteiger partial charge in [-0.1, -0.05) is 0 Å². The molecule has 0 bridgehead atoms. The summed E-state index contributed by atoms with van der Waals surface area (Å²) in [6, 6.07) is 1.90. The summed E-state index contributed by atoms with van der Waals surface area (Å²) in [5, 5.41) is 8.89. The van der Waals surface area contributed by atoms with Gasteiger partial charge in [-0.15, -0.1) is 0 Å². The molecule has 102 valence electrons. The zero-order chi connectivity index (χ0) is 13.9. The van der Waals surface area contributed by atoms with Crippen LogP contribution >= 0.6 is 0 Å². The Hall–Kier alpha value is -1.72. The summed E-state index contributed by atoms with van der Waals surface area (Å²) in [6.45, 7) is 0.782. The molecule has 0 aromatic carbocycles. The number of sulfonamides is 1. The molecule has 0 amide bonds. The van der Waals surface area contributed by atoms with Gasteiger partial charge < -0.3 is 4.74 Å². The van der Waals surface area contributed by atoms with Crippen molar-refractivity contribution >= 4 is 10.0 Å². The van der Waals surface area contributed by atoms with Crippen LogP contribution in [0.3, 0.4) is 0 Å². The molecule has 1 aromatic rings. The molecule has 1 saturated heterocycles. The van der Waals surface area contributed by atoms with Gasteiger partial charge in [-0.3, -0.25) is 0 Å². The Kier molecular flexibility index (Phi) is 3.97. The summed E-state index contributed by atoms with van der Waals surface area (Å²) < 4.78 is 30.0.